The van der Waals surface area contributed by atoms with Crippen molar-refractivity contribution in [3.63, 3.8) is 0 Å². The number of piperazine rings is 1. The summed E-state index contributed by atoms with van der Waals surface area (Å²) in [7, 11) is 3.81. The summed E-state index contributed by atoms with van der Waals surface area (Å²) < 4.78 is 0. The third-order valence-electron chi connectivity index (χ3n) is 2.87. The predicted octanol–water partition coefficient (Wildman–Crippen LogP) is -0.149. The predicted molar refractivity (Wildman–Crippen MR) is 69.8 cm³/mol. The van der Waals surface area contributed by atoms with Crippen LogP contribution >= 0.6 is 0 Å². The Kier molecular flexibility index (Phi) is 3.50. The number of carbonyl (C=O) groups excluding carboxylic acids is 3. The molecule has 2 rings (SSSR count). The highest BCUT2D eigenvalue weighted by Gasteiger charge is 2.26. The van der Waals surface area contributed by atoms with Gasteiger partial charge in [-0.3, -0.25) is 19.7 Å². The summed E-state index contributed by atoms with van der Waals surface area (Å²) in [6, 6.07) is 7.02. The number of nitrogens with zero attached hydrogens (tertiary/aromatic N) is 2. The van der Waals surface area contributed by atoms with Crippen molar-refractivity contribution >= 4 is 23.4 Å². The van der Waals surface area contributed by atoms with Crippen molar-refractivity contribution in [2.45, 2.75) is 0 Å². The Morgan fingerprint density at radius 1 is 1.11 bits per heavy atom. The zero-order chi connectivity index (χ0) is 14.0. The number of benzene rings is 1. The number of nitrogens with one attached hydrogen (secondary N) is 1. The van der Waals surface area contributed by atoms with Crippen molar-refractivity contribution in [3.05, 3.63) is 29.8 Å². The van der Waals surface area contributed by atoms with Crippen LogP contribution in [0.25, 0.3) is 0 Å². The fourth-order valence-corrected chi connectivity index (χ4v) is 1.87. The van der Waals surface area contributed by atoms with Crippen LogP contribution in [0.3, 0.4) is 0 Å². The third-order valence-corrected chi connectivity index (χ3v) is 2.87. The summed E-state index contributed by atoms with van der Waals surface area (Å²) >= 11 is 0. The first-order valence-electron chi connectivity index (χ1n) is 5.86. The van der Waals surface area contributed by atoms with E-state index in [2.05, 4.69) is 5.32 Å². The maximum atomic E-state index is 12.2. The van der Waals surface area contributed by atoms with Crippen LogP contribution in [-0.2, 0) is 9.59 Å². The maximum Gasteiger partial charge on any atom is 0.254 e. The third kappa shape index (κ3) is 2.90. The quantitative estimate of drug-likeness (QED) is 0.752. The van der Waals surface area contributed by atoms with Gasteiger partial charge in [0.2, 0.25) is 11.8 Å². The zero-order valence-electron chi connectivity index (χ0n) is 10.8. The normalized spacial score (nSPS) is 15.2. The molecule has 0 bridgehead atoms. The van der Waals surface area contributed by atoms with Gasteiger partial charge in [0, 0.05) is 25.3 Å². The van der Waals surface area contributed by atoms with Gasteiger partial charge in [0.05, 0.1) is 0 Å². The number of amides is 3. The van der Waals surface area contributed by atoms with Crippen LogP contribution in [0, 0.1) is 0 Å². The van der Waals surface area contributed by atoms with Gasteiger partial charge in [0.1, 0.15) is 13.1 Å². The van der Waals surface area contributed by atoms with Gasteiger partial charge in [-0.25, -0.2) is 0 Å². The second-order valence-electron chi connectivity index (χ2n) is 4.57. The summed E-state index contributed by atoms with van der Waals surface area (Å²) in [5.41, 5.74) is 1.44. The average molecular weight is 261 g/mol. The van der Waals surface area contributed by atoms with E-state index in [4.69, 9.17) is 0 Å². The minimum Gasteiger partial charge on any atom is -0.378 e. The summed E-state index contributed by atoms with van der Waals surface area (Å²) in [5.74, 6) is -1.21. The van der Waals surface area contributed by atoms with Crippen molar-refractivity contribution in [2.24, 2.45) is 0 Å². The monoisotopic (exact) mass is 261 g/mol. The Morgan fingerprint density at radius 2 is 1.63 bits per heavy atom. The molecule has 1 fully saturated rings. The standard InChI is InChI=1S/C13H15N3O3/c1-15(2)10-5-3-9(4-6-10)13(19)16-7-11(17)14-12(18)8-16/h3-6H,7-8H2,1-2H3,(H,14,17,18). The van der Waals surface area contributed by atoms with Crippen molar-refractivity contribution < 1.29 is 14.4 Å². The highest BCUT2D eigenvalue weighted by atomic mass is 16.2. The van der Waals surface area contributed by atoms with E-state index in [1.165, 1.54) is 4.90 Å². The second kappa shape index (κ2) is 5.09. The molecule has 0 spiro atoms. The van der Waals surface area contributed by atoms with Gasteiger partial charge < -0.3 is 9.80 Å². The first kappa shape index (κ1) is 13.1. The molecule has 1 aromatic rings. The van der Waals surface area contributed by atoms with E-state index in [0.29, 0.717) is 5.56 Å². The van der Waals surface area contributed by atoms with Crippen LogP contribution in [0.5, 0.6) is 0 Å². The molecule has 1 saturated heterocycles. The first-order valence-corrected chi connectivity index (χ1v) is 5.86. The first-order chi connectivity index (χ1) is 8.97. The number of imide groups is 1. The van der Waals surface area contributed by atoms with Crippen molar-refractivity contribution in [1.29, 1.82) is 0 Å². The van der Waals surface area contributed by atoms with Gasteiger partial charge in [-0.15, -0.1) is 0 Å². The number of hydrogen-bond donors (Lipinski definition) is 1. The SMILES string of the molecule is CN(C)c1ccc(C(=O)N2CC(=O)NC(=O)C2)cc1. The number of anilines is 1. The molecule has 0 unspecified atom stereocenters. The molecule has 1 aliphatic heterocycles. The molecule has 1 aliphatic rings. The molecule has 0 saturated carbocycles. The molecule has 3 amide bonds. The van der Waals surface area contributed by atoms with Gasteiger partial charge >= 0.3 is 0 Å². The lowest BCUT2D eigenvalue weighted by atomic mass is 10.1. The Hall–Kier alpha value is -2.37. The summed E-state index contributed by atoms with van der Waals surface area (Å²) in [6.45, 7) is -0.167. The highest BCUT2D eigenvalue weighted by molar-refractivity contribution is 6.05. The van der Waals surface area contributed by atoms with Crippen molar-refractivity contribution in [2.75, 3.05) is 32.1 Å². The fourth-order valence-electron chi connectivity index (χ4n) is 1.87. The maximum absolute atomic E-state index is 12.2. The average Bonchev–Trinajstić information content (AvgIpc) is 2.37. The van der Waals surface area contributed by atoms with Crippen molar-refractivity contribution in [3.8, 4) is 0 Å². The van der Waals surface area contributed by atoms with E-state index >= 15 is 0 Å². The highest BCUT2D eigenvalue weighted by Crippen LogP contribution is 2.14. The molecule has 100 valence electrons. The molecule has 19 heavy (non-hydrogen) atoms. The Balaban J connectivity index is 2.15. The number of carbonyl (C=O) groups is 3. The zero-order valence-corrected chi connectivity index (χ0v) is 10.8. The van der Waals surface area contributed by atoms with Crippen LogP contribution in [0.2, 0.25) is 0 Å². The lowest BCUT2D eigenvalue weighted by Crippen LogP contribution is -2.53. The topological polar surface area (TPSA) is 69.7 Å². The van der Waals surface area contributed by atoms with Crippen LogP contribution in [-0.4, -0.2) is 49.8 Å². The molecule has 6 nitrogen and oxygen atoms in total. The van der Waals surface area contributed by atoms with Gasteiger partial charge in [0.15, 0.2) is 0 Å². The van der Waals surface area contributed by atoms with E-state index < -0.39 is 11.8 Å². The molecule has 0 radical (unpaired) electrons. The summed E-state index contributed by atoms with van der Waals surface area (Å²) in [5, 5.41) is 2.16. The fraction of sp³-hybridized carbons (Fsp3) is 0.308. The van der Waals surface area contributed by atoms with E-state index in [1.54, 1.807) is 12.1 Å². The van der Waals surface area contributed by atoms with E-state index in [0.717, 1.165) is 5.69 Å². The largest absolute Gasteiger partial charge is 0.378 e. The molecular weight excluding hydrogens is 246 g/mol. The van der Waals surface area contributed by atoms with Gasteiger partial charge in [-0.05, 0) is 24.3 Å². The minimum atomic E-state index is -0.450. The second-order valence-corrected chi connectivity index (χ2v) is 4.57. The molecule has 1 N–H and O–H groups in total. The van der Waals surface area contributed by atoms with Crippen LogP contribution in [0.15, 0.2) is 24.3 Å². The summed E-state index contributed by atoms with van der Waals surface area (Å²) in [4.78, 5) is 37.8. The Morgan fingerprint density at radius 3 is 2.11 bits per heavy atom. The van der Waals surface area contributed by atoms with E-state index in [1.807, 2.05) is 31.1 Å². The molecular formula is C13H15N3O3. The van der Waals surface area contributed by atoms with E-state index in [9.17, 15) is 14.4 Å². The Bertz CT molecular complexity index is 506. The van der Waals surface area contributed by atoms with Crippen LogP contribution < -0.4 is 10.2 Å². The summed E-state index contributed by atoms with van der Waals surface area (Å²) in [6.07, 6.45) is 0. The molecule has 1 heterocycles. The van der Waals surface area contributed by atoms with Crippen LogP contribution in [0.4, 0.5) is 5.69 Å². The number of hydrogen-bond acceptors (Lipinski definition) is 4. The van der Waals surface area contributed by atoms with Gasteiger partial charge in [0.25, 0.3) is 5.91 Å². The Labute approximate surface area is 111 Å². The molecule has 0 aliphatic carbocycles. The minimum absolute atomic E-state index is 0.0833. The lowest BCUT2D eigenvalue weighted by Gasteiger charge is -2.25. The van der Waals surface area contributed by atoms with E-state index in [-0.39, 0.29) is 19.0 Å². The van der Waals surface area contributed by atoms with Gasteiger partial charge in [-0.1, -0.05) is 0 Å². The van der Waals surface area contributed by atoms with Crippen molar-refractivity contribution in [1.82, 2.24) is 10.2 Å². The molecule has 0 aromatic heterocycles. The molecule has 6 heteroatoms. The number of rotatable bonds is 2. The van der Waals surface area contributed by atoms with Crippen LogP contribution in [0.1, 0.15) is 10.4 Å². The van der Waals surface area contributed by atoms with Gasteiger partial charge in [-0.2, -0.15) is 0 Å². The lowest BCUT2D eigenvalue weighted by molar-refractivity contribution is -0.135. The molecule has 0 atom stereocenters. The smallest absolute Gasteiger partial charge is 0.254 e. The molecule has 1 aromatic carbocycles.